The minimum absolute atomic E-state index is 0.309. The SMILES string of the molecule is C=C(C)C(=O)Oc1cc[c]([Sb]([c]2ccc(OC(=O)C(=C)C)cc2)[c]2cc[c]([Sb]([c]3ccc(OC(=O)C(=C)C)cc3)[c]3ccc(OC(=O)C(=C)C)cc3)cc2)cc1. The van der Waals surface area contributed by atoms with Crippen LogP contribution in [0.5, 0.6) is 23.0 Å². The van der Waals surface area contributed by atoms with Crippen molar-refractivity contribution >= 4 is 85.4 Å². The average molecular weight is 964 g/mol. The van der Waals surface area contributed by atoms with E-state index in [1.165, 1.54) is 7.02 Å². The van der Waals surface area contributed by atoms with Gasteiger partial charge in [-0.25, -0.2) is 0 Å². The number of carbonyl (C=O) groups excluding carboxylic acids is 4. The summed E-state index contributed by atoms with van der Waals surface area (Å²) in [5.74, 6) is -0.251. The minimum atomic E-state index is -2.73. The molecule has 0 spiro atoms. The molecule has 10 heteroatoms. The Labute approximate surface area is 341 Å². The van der Waals surface area contributed by atoms with Crippen molar-refractivity contribution in [1.29, 1.82) is 0 Å². The van der Waals surface area contributed by atoms with Crippen molar-refractivity contribution in [3.05, 3.63) is 170 Å². The molecular formula is C46H40O8Sb2. The second-order valence-electron chi connectivity index (χ2n) is 12.8. The van der Waals surface area contributed by atoms with Crippen molar-refractivity contribution in [1.82, 2.24) is 0 Å². The standard InChI is InChI=1S/4C10H9O2.C6H4.2Sb/c4*1-8(2)10(11)12-9-6-4-3-5-7-9;1-2-4-6-5-3-1;;/h4*4-7H,1H2,2H3;1-2,5-6H;;. The van der Waals surface area contributed by atoms with E-state index in [2.05, 4.69) is 50.6 Å². The molecule has 0 saturated heterocycles. The fourth-order valence-electron chi connectivity index (χ4n) is 5.07. The van der Waals surface area contributed by atoms with Crippen LogP contribution in [-0.2, 0) is 19.2 Å². The van der Waals surface area contributed by atoms with Gasteiger partial charge in [-0.05, 0) is 0 Å². The van der Waals surface area contributed by atoms with E-state index >= 15 is 0 Å². The Kier molecular flexibility index (Phi) is 14.1. The van der Waals surface area contributed by atoms with Crippen LogP contribution in [0, 0.1) is 0 Å². The van der Waals surface area contributed by atoms with E-state index in [1.54, 1.807) is 76.2 Å². The molecule has 0 bridgehead atoms. The van der Waals surface area contributed by atoms with Crippen LogP contribution in [-0.4, -0.2) is 64.3 Å². The molecule has 56 heavy (non-hydrogen) atoms. The normalized spacial score (nSPS) is 10.7. The monoisotopic (exact) mass is 962 g/mol. The van der Waals surface area contributed by atoms with Crippen LogP contribution < -0.4 is 40.0 Å². The van der Waals surface area contributed by atoms with E-state index in [9.17, 15) is 19.2 Å². The molecule has 0 heterocycles. The molecule has 8 nitrogen and oxygen atoms in total. The molecule has 0 aliphatic heterocycles. The van der Waals surface area contributed by atoms with Gasteiger partial charge in [-0.15, -0.1) is 0 Å². The van der Waals surface area contributed by atoms with E-state index in [1.807, 2.05) is 48.5 Å². The molecule has 0 radical (unpaired) electrons. The number of benzene rings is 5. The summed E-state index contributed by atoms with van der Waals surface area (Å²) in [4.78, 5) is 48.8. The summed E-state index contributed by atoms with van der Waals surface area (Å²) in [6, 6.07) is 39.1. The van der Waals surface area contributed by atoms with E-state index < -0.39 is 64.3 Å². The molecule has 5 rings (SSSR count). The van der Waals surface area contributed by atoms with Gasteiger partial charge in [-0.3, -0.25) is 0 Å². The molecule has 0 amide bonds. The van der Waals surface area contributed by atoms with Gasteiger partial charge in [0.05, 0.1) is 0 Å². The van der Waals surface area contributed by atoms with Gasteiger partial charge in [-0.1, -0.05) is 0 Å². The van der Waals surface area contributed by atoms with Gasteiger partial charge in [0, 0.05) is 0 Å². The predicted molar refractivity (Wildman–Crippen MR) is 223 cm³/mol. The van der Waals surface area contributed by atoms with E-state index in [-0.39, 0.29) is 0 Å². The quantitative estimate of drug-likeness (QED) is 0.0687. The molecular weight excluding hydrogens is 924 g/mol. The Morgan fingerprint density at radius 1 is 0.321 bits per heavy atom. The summed E-state index contributed by atoms with van der Waals surface area (Å²) < 4.78 is 28.7. The zero-order valence-corrected chi connectivity index (χ0v) is 36.6. The summed E-state index contributed by atoms with van der Waals surface area (Å²) in [5.41, 5.74) is 1.24. The number of rotatable bonds is 14. The van der Waals surface area contributed by atoms with Crippen LogP contribution in [0.1, 0.15) is 27.7 Å². The number of ether oxygens (including phenoxy) is 4. The van der Waals surface area contributed by atoms with E-state index in [0.717, 1.165) is 14.0 Å². The molecule has 0 atom stereocenters. The first-order valence-electron chi connectivity index (χ1n) is 17.3. The number of carbonyl (C=O) groups is 4. The third-order valence-corrected chi connectivity index (χ3v) is 21.9. The fraction of sp³-hybridized carbons (Fsp3) is 0.0870. The van der Waals surface area contributed by atoms with Crippen LogP contribution in [0.2, 0.25) is 0 Å². The van der Waals surface area contributed by atoms with E-state index in [4.69, 9.17) is 18.9 Å². The molecule has 0 unspecified atom stereocenters. The second kappa shape index (κ2) is 18.9. The molecule has 282 valence electrons. The van der Waals surface area contributed by atoms with Crippen LogP contribution in [0.15, 0.2) is 170 Å². The number of hydrogen-bond acceptors (Lipinski definition) is 8. The summed E-state index contributed by atoms with van der Waals surface area (Å²) >= 11 is -5.46. The maximum absolute atomic E-state index is 12.2. The third kappa shape index (κ3) is 10.9. The van der Waals surface area contributed by atoms with Crippen LogP contribution >= 0.6 is 0 Å². The van der Waals surface area contributed by atoms with Crippen LogP contribution in [0.4, 0.5) is 0 Å². The van der Waals surface area contributed by atoms with Crippen molar-refractivity contribution in [3.63, 3.8) is 0 Å². The van der Waals surface area contributed by atoms with Crippen molar-refractivity contribution < 1.29 is 38.1 Å². The molecule has 5 aromatic carbocycles. The topological polar surface area (TPSA) is 105 Å². The third-order valence-electron chi connectivity index (χ3n) is 7.98. The van der Waals surface area contributed by atoms with Gasteiger partial charge in [-0.2, -0.15) is 0 Å². The van der Waals surface area contributed by atoms with Crippen molar-refractivity contribution in [3.8, 4) is 23.0 Å². The fourth-order valence-corrected chi connectivity index (χ4v) is 17.8. The predicted octanol–water partition coefficient (Wildman–Crippen LogP) is 4.65. The molecule has 0 aromatic heterocycles. The number of hydrogen-bond donors (Lipinski definition) is 0. The zero-order chi connectivity index (χ0) is 40.5. The summed E-state index contributed by atoms with van der Waals surface area (Å²) in [5, 5.41) is 0. The van der Waals surface area contributed by atoms with Crippen LogP contribution in [0.25, 0.3) is 0 Å². The van der Waals surface area contributed by atoms with Gasteiger partial charge in [0.1, 0.15) is 0 Å². The summed E-state index contributed by atoms with van der Waals surface area (Å²) in [7, 11) is 0. The van der Waals surface area contributed by atoms with Gasteiger partial charge >= 0.3 is 344 Å². The van der Waals surface area contributed by atoms with Crippen molar-refractivity contribution in [2.24, 2.45) is 0 Å². The Balaban J connectivity index is 1.54. The van der Waals surface area contributed by atoms with Gasteiger partial charge in [0.25, 0.3) is 0 Å². The molecule has 5 aromatic rings. The number of esters is 4. The van der Waals surface area contributed by atoms with E-state index in [0.29, 0.717) is 45.3 Å². The molecule has 0 aliphatic rings. The Hall–Kier alpha value is -5.42. The summed E-state index contributed by atoms with van der Waals surface area (Å²) in [6.45, 7) is 21.1. The zero-order valence-electron chi connectivity index (χ0n) is 31.5. The van der Waals surface area contributed by atoms with Gasteiger partial charge < -0.3 is 0 Å². The Morgan fingerprint density at radius 2 is 0.464 bits per heavy atom. The van der Waals surface area contributed by atoms with Gasteiger partial charge in [0.2, 0.25) is 0 Å². The molecule has 0 saturated carbocycles. The first-order valence-corrected chi connectivity index (χ1v) is 25.0. The maximum atomic E-state index is 12.2. The Bertz CT molecular complexity index is 2000. The second-order valence-corrected chi connectivity index (χ2v) is 25.5. The van der Waals surface area contributed by atoms with Gasteiger partial charge in [0.15, 0.2) is 0 Å². The van der Waals surface area contributed by atoms with Crippen LogP contribution in [0.3, 0.4) is 0 Å². The average Bonchev–Trinajstić information content (AvgIpc) is 3.18. The molecule has 0 aliphatic carbocycles. The van der Waals surface area contributed by atoms with Crippen molar-refractivity contribution in [2.45, 2.75) is 27.7 Å². The first-order chi connectivity index (χ1) is 26.7. The molecule has 0 N–H and O–H groups in total. The Morgan fingerprint density at radius 3 is 0.607 bits per heavy atom. The first kappa shape index (κ1) is 41.7. The van der Waals surface area contributed by atoms with Crippen molar-refractivity contribution in [2.75, 3.05) is 0 Å². The molecule has 0 fully saturated rings. The summed E-state index contributed by atoms with van der Waals surface area (Å²) in [6.07, 6.45) is 0.